The van der Waals surface area contributed by atoms with E-state index in [1.165, 1.54) is 18.3 Å². The Morgan fingerprint density at radius 3 is 2.50 bits per heavy atom. The molecule has 0 bridgehead atoms. The lowest BCUT2D eigenvalue weighted by atomic mass is 10.1. The van der Waals surface area contributed by atoms with Gasteiger partial charge in [-0.05, 0) is 30.7 Å². The number of aliphatic carboxylic acids is 2. The second-order valence-electron chi connectivity index (χ2n) is 6.79. The van der Waals surface area contributed by atoms with Crippen LogP contribution < -0.4 is 16.4 Å². The summed E-state index contributed by atoms with van der Waals surface area (Å²) in [7, 11) is 0. The molecule has 2 atom stereocenters. The van der Waals surface area contributed by atoms with Crippen LogP contribution in [0.25, 0.3) is 0 Å². The maximum absolute atomic E-state index is 12.3. The SMILES string of the molecule is NC1=NC(=O)C2N=C(CNc3ccc(C(=O)N[C@@H](CCC(=O)O)C(=O)O)cc3)C=NC2=N1. The van der Waals surface area contributed by atoms with Crippen molar-refractivity contribution in [2.24, 2.45) is 25.7 Å². The Hall–Kier alpha value is -4.42. The molecule has 13 nitrogen and oxygen atoms in total. The zero-order valence-electron chi connectivity index (χ0n) is 16.6. The standard InChI is InChI=1S/C19H19N7O6/c20-19-25-15-14(17(30)26-19)23-11(8-22-15)7-21-10-3-1-9(2-4-10)16(29)24-12(18(31)32)5-6-13(27)28/h1-4,8,12,14,21H,5-7H2,(H,24,29)(H,27,28)(H,31,32)(H2,20,26,30)/t12-,14?/m0/s1. The largest absolute Gasteiger partial charge is 0.481 e. The molecule has 3 rings (SSSR count). The number of guanidine groups is 1. The molecule has 6 N–H and O–H groups in total. The number of carboxylic acid groups (broad SMARTS) is 2. The zero-order valence-corrected chi connectivity index (χ0v) is 16.6. The van der Waals surface area contributed by atoms with E-state index in [4.69, 9.17) is 15.9 Å². The average Bonchev–Trinajstić information content (AvgIpc) is 2.75. The third kappa shape index (κ3) is 5.59. The Kier molecular flexibility index (Phi) is 6.68. The summed E-state index contributed by atoms with van der Waals surface area (Å²) in [4.78, 5) is 61.8. The minimum Gasteiger partial charge on any atom is -0.481 e. The molecule has 0 saturated heterocycles. The number of carbonyl (C=O) groups is 4. The lowest BCUT2D eigenvalue weighted by Crippen LogP contribution is -2.41. The average molecular weight is 441 g/mol. The van der Waals surface area contributed by atoms with Gasteiger partial charge in [0.25, 0.3) is 11.8 Å². The molecule has 2 heterocycles. The first-order chi connectivity index (χ1) is 15.2. The number of hydrogen-bond acceptors (Lipinski definition) is 9. The van der Waals surface area contributed by atoms with Crippen LogP contribution in [0.5, 0.6) is 0 Å². The quantitative estimate of drug-likeness (QED) is 0.330. The third-order valence-corrected chi connectivity index (χ3v) is 4.44. The Bertz CT molecular complexity index is 1070. The molecule has 166 valence electrons. The summed E-state index contributed by atoms with van der Waals surface area (Å²) in [6, 6.07) is 3.95. The molecule has 0 radical (unpaired) electrons. The predicted molar refractivity (Wildman–Crippen MR) is 114 cm³/mol. The van der Waals surface area contributed by atoms with Crippen molar-refractivity contribution < 1.29 is 29.4 Å². The Morgan fingerprint density at radius 2 is 1.84 bits per heavy atom. The van der Waals surface area contributed by atoms with Gasteiger partial charge in [-0.15, -0.1) is 0 Å². The van der Waals surface area contributed by atoms with Gasteiger partial charge in [-0.25, -0.2) is 9.79 Å². The molecule has 1 aromatic carbocycles. The lowest BCUT2D eigenvalue weighted by Gasteiger charge is -2.18. The maximum Gasteiger partial charge on any atom is 0.326 e. The van der Waals surface area contributed by atoms with Gasteiger partial charge < -0.3 is 26.6 Å². The maximum atomic E-state index is 12.3. The number of amides is 2. The van der Waals surface area contributed by atoms with Gasteiger partial charge in [0, 0.05) is 17.7 Å². The second kappa shape index (κ2) is 9.59. The number of carbonyl (C=O) groups excluding carboxylic acids is 2. The van der Waals surface area contributed by atoms with Crippen LogP contribution in [-0.4, -0.2) is 76.3 Å². The van der Waals surface area contributed by atoms with Crippen LogP contribution in [0.1, 0.15) is 23.2 Å². The number of fused-ring (bicyclic) bond motifs is 1. The highest BCUT2D eigenvalue weighted by Gasteiger charge is 2.30. The minimum atomic E-state index is -1.31. The highest BCUT2D eigenvalue weighted by molar-refractivity contribution is 6.38. The fraction of sp³-hybridized carbons (Fsp3) is 0.263. The highest BCUT2D eigenvalue weighted by atomic mass is 16.4. The van der Waals surface area contributed by atoms with E-state index in [1.54, 1.807) is 12.1 Å². The summed E-state index contributed by atoms with van der Waals surface area (Å²) < 4.78 is 0. The van der Waals surface area contributed by atoms with E-state index in [2.05, 4.69) is 30.6 Å². The van der Waals surface area contributed by atoms with Gasteiger partial charge in [-0.2, -0.15) is 9.98 Å². The normalized spacial score (nSPS) is 17.9. The topological polar surface area (TPSA) is 208 Å². The first-order valence-corrected chi connectivity index (χ1v) is 9.39. The fourth-order valence-corrected chi connectivity index (χ4v) is 2.83. The molecule has 0 fully saturated rings. The number of nitrogens with one attached hydrogen (secondary N) is 2. The van der Waals surface area contributed by atoms with E-state index in [0.29, 0.717) is 11.4 Å². The Morgan fingerprint density at radius 1 is 1.12 bits per heavy atom. The molecule has 13 heteroatoms. The van der Waals surface area contributed by atoms with E-state index in [9.17, 15) is 19.2 Å². The van der Waals surface area contributed by atoms with Crippen LogP contribution in [-0.2, 0) is 14.4 Å². The van der Waals surface area contributed by atoms with Gasteiger partial charge in [-0.1, -0.05) is 0 Å². The number of hydrogen-bond donors (Lipinski definition) is 5. The summed E-state index contributed by atoms with van der Waals surface area (Å²) in [6.07, 6.45) is 0.847. The summed E-state index contributed by atoms with van der Waals surface area (Å²) in [5.74, 6) is -3.62. The van der Waals surface area contributed by atoms with Crippen molar-refractivity contribution in [1.82, 2.24) is 5.32 Å². The molecule has 2 amide bonds. The lowest BCUT2D eigenvalue weighted by molar-refractivity contribution is -0.140. The molecule has 2 aliphatic heterocycles. The number of carboxylic acids is 2. The monoisotopic (exact) mass is 441 g/mol. The van der Waals surface area contributed by atoms with Crippen LogP contribution >= 0.6 is 0 Å². The number of anilines is 1. The van der Waals surface area contributed by atoms with Crippen molar-refractivity contribution >= 4 is 53.2 Å². The van der Waals surface area contributed by atoms with Gasteiger partial charge in [0.2, 0.25) is 5.96 Å². The van der Waals surface area contributed by atoms with Gasteiger partial charge in [-0.3, -0.25) is 19.4 Å². The van der Waals surface area contributed by atoms with Crippen molar-refractivity contribution in [2.75, 3.05) is 11.9 Å². The molecular formula is C19H19N7O6. The summed E-state index contributed by atoms with van der Waals surface area (Å²) in [5.41, 5.74) is 6.76. The number of aliphatic imine (C=N–C) groups is 4. The Balaban J connectivity index is 1.56. The van der Waals surface area contributed by atoms with E-state index in [1.807, 2.05) is 0 Å². The van der Waals surface area contributed by atoms with Gasteiger partial charge in [0.15, 0.2) is 11.9 Å². The van der Waals surface area contributed by atoms with Crippen molar-refractivity contribution in [3.8, 4) is 0 Å². The molecule has 0 saturated carbocycles. The van der Waals surface area contributed by atoms with Crippen molar-refractivity contribution in [1.29, 1.82) is 0 Å². The van der Waals surface area contributed by atoms with Gasteiger partial charge in [0.05, 0.1) is 18.5 Å². The van der Waals surface area contributed by atoms with Crippen LogP contribution in [0.15, 0.2) is 44.2 Å². The summed E-state index contributed by atoms with van der Waals surface area (Å²) >= 11 is 0. The number of amidine groups is 1. The second-order valence-corrected chi connectivity index (χ2v) is 6.79. The fourth-order valence-electron chi connectivity index (χ4n) is 2.83. The summed E-state index contributed by atoms with van der Waals surface area (Å²) in [5, 5.41) is 23.2. The first-order valence-electron chi connectivity index (χ1n) is 9.39. The van der Waals surface area contributed by atoms with Crippen LogP contribution in [0, 0.1) is 0 Å². The number of nitrogens with two attached hydrogens (primary N) is 1. The first kappa shape index (κ1) is 22.3. The van der Waals surface area contributed by atoms with E-state index >= 15 is 0 Å². The van der Waals surface area contributed by atoms with E-state index < -0.39 is 35.8 Å². The van der Waals surface area contributed by atoms with Crippen molar-refractivity contribution in [2.45, 2.75) is 24.9 Å². The van der Waals surface area contributed by atoms with Crippen molar-refractivity contribution in [3.05, 3.63) is 29.8 Å². The number of benzene rings is 1. The van der Waals surface area contributed by atoms with E-state index in [-0.39, 0.29) is 36.7 Å². The van der Waals surface area contributed by atoms with Crippen molar-refractivity contribution in [3.63, 3.8) is 0 Å². The minimum absolute atomic E-state index is 0.157. The molecule has 1 aromatic rings. The number of rotatable bonds is 9. The molecular weight excluding hydrogens is 422 g/mol. The van der Waals surface area contributed by atoms with Gasteiger partial charge in [0.1, 0.15) is 6.04 Å². The predicted octanol–water partition coefficient (Wildman–Crippen LogP) is -0.706. The Labute approximate surface area is 180 Å². The molecule has 0 aliphatic carbocycles. The van der Waals surface area contributed by atoms with Crippen LogP contribution in [0.4, 0.5) is 5.69 Å². The van der Waals surface area contributed by atoms with E-state index in [0.717, 1.165) is 0 Å². The van der Waals surface area contributed by atoms with Crippen LogP contribution in [0.3, 0.4) is 0 Å². The smallest absolute Gasteiger partial charge is 0.326 e. The molecule has 0 spiro atoms. The van der Waals surface area contributed by atoms with Gasteiger partial charge >= 0.3 is 11.9 Å². The molecule has 32 heavy (non-hydrogen) atoms. The molecule has 0 aromatic heterocycles. The third-order valence-electron chi connectivity index (χ3n) is 4.44. The number of nitrogens with zero attached hydrogens (tertiary/aromatic N) is 4. The highest BCUT2D eigenvalue weighted by Crippen LogP contribution is 2.12. The molecule has 1 unspecified atom stereocenters. The summed E-state index contributed by atoms with van der Waals surface area (Å²) in [6.45, 7) is 0.238. The zero-order chi connectivity index (χ0) is 23.3. The van der Waals surface area contributed by atoms with Crippen LogP contribution in [0.2, 0.25) is 0 Å². The molecule has 2 aliphatic rings.